The van der Waals surface area contributed by atoms with Crippen molar-refractivity contribution in [2.45, 2.75) is 12.8 Å². The fourth-order valence-electron chi connectivity index (χ4n) is 2.45. The fraction of sp³-hybridized carbons (Fsp3) is 0.211. The molecule has 27 heavy (non-hydrogen) atoms. The van der Waals surface area contributed by atoms with E-state index in [1.165, 1.54) is 0 Å². The first-order valence-electron chi connectivity index (χ1n) is 8.24. The number of ether oxygens (including phenoxy) is 2. The van der Waals surface area contributed by atoms with Gasteiger partial charge in [0.1, 0.15) is 24.8 Å². The summed E-state index contributed by atoms with van der Waals surface area (Å²) >= 11 is 11.8. The van der Waals surface area contributed by atoms with Crippen LogP contribution in [0.1, 0.15) is 12.2 Å². The molecule has 3 aromatic rings. The van der Waals surface area contributed by atoms with Crippen molar-refractivity contribution in [3.8, 4) is 5.75 Å². The molecule has 8 heteroatoms. The monoisotopic (exact) mass is 406 g/mol. The minimum absolute atomic E-state index is 0.0828. The third-order valence-electron chi connectivity index (χ3n) is 3.73. The third-order valence-corrected chi connectivity index (χ3v) is 4.26. The summed E-state index contributed by atoms with van der Waals surface area (Å²) < 4.78 is 10.6. The number of para-hydroxylation sites is 1. The highest BCUT2D eigenvalue weighted by atomic mass is 35.5. The van der Waals surface area contributed by atoms with E-state index in [1.54, 1.807) is 42.5 Å². The number of esters is 1. The summed E-state index contributed by atoms with van der Waals surface area (Å²) in [7, 11) is 0. The molecule has 1 N–H and O–H groups in total. The molecule has 0 radical (unpaired) electrons. The van der Waals surface area contributed by atoms with E-state index in [0.717, 1.165) is 0 Å². The van der Waals surface area contributed by atoms with E-state index < -0.39 is 5.97 Å². The quantitative estimate of drug-likeness (QED) is 0.476. The number of rotatable bonds is 7. The third kappa shape index (κ3) is 5.21. The number of halogens is 2. The van der Waals surface area contributed by atoms with Gasteiger partial charge >= 0.3 is 5.97 Å². The van der Waals surface area contributed by atoms with Crippen LogP contribution in [0.15, 0.2) is 47.3 Å². The molecule has 0 aliphatic rings. The molecule has 0 saturated carbocycles. The highest BCUT2D eigenvalue weighted by Gasteiger charge is 2.08. The molecule has 0 atom stereocenters. The topological polar surface area (TPSA) is 81.3 Å². The van der Waals surface area contributed by atoms with Crippen LogP contribution in [0.5, 0.6) is 5.75 Å². The van der Waals surface area contributed by atoms with Gasteiger partial charge in [-0.25, -0.2) is 4.98 Å². The van der Waals surface area contributed by atoms with Crippen LogP contribution in [-0.2, 0) is 16.0 Å². The molecule has 6 nitrogen and oxygen atoms in total. The number of carbonyl (C=O) groups excluding carboxylic acids is 1. The Morgan fingerprint density at radius 3 is 2.74 bits per heavy atom. The number of hydrogen-bond donors (Lipinski definition) is 1. The number of nitrogens with one attached hydrogen (secondary N) is 1. The Labute approximate surface area is 165 Å². The van der Waals surface area contributed by atoms with Crippen molar-refractivity contribution in [1.82, 2.24) is 9.97 Å². The Bertz CT molecular complexity index is 1020. The molecule has 1 heterocycles. The van der Waals surface area contributed by atoms with Crippen LogP contribution in [-0.4, -0.2) is 29.2 Å². The van der Waals surface area contributed by atoms with Crippen molar-refractivity contribution >= 4 is 40.1 Å². The Kier molecular flexibility index (Phi) is 6.32. The minimum atomic E-state index is -0.406. The molecular formula is C19H16Cl2N2O4. The summed E-state index contributed by atoms with van der Waals surface area (Å²) in [4.78, 5) is 30.9. The van der Waals surface area contributed by atoms with Gasteiger partial charge in [-0.15, -0.1) is 0 Å². The second-order valence-corrected chi connectivity index (χ2v) is 6.52. The van der Waals surface area contributed by atoms with Gasteiger partial charge in [0.15, 0.2) is 0 Å². The van der Waals surface area contributed by atoms with Gasteiger partial charge in [-0.1, -0.05) is 35.3 Å². The molecule has 0 aliphatic heterocycles. The number of fused-ring (bicyclic) bond motifs is 1. The lowest BCUT2D eigenvalue weighted by Crippen LogP contribution is -2.15. The number of carbonyl (C=O) groups is 1. The minimum Gasteiger partial charge on any atom is -0.488 e. The Balaban J connectivity index is 1.45. The lowest BCUT2D eigenvalue weighted by molar-refractivity contribution is -0.144. The first kappa shape index (κ1) is 19.2. The maximum Gasteiger partial charge on any atom is 0.306 e. The van der Waals surface area contributed by atoms with Crippen LogP contribution in [0.2, 0.25) is 10.0 Å². The van der Waals surface area contributed by atoms with Gasteiger partial charge in [0.25, 0.3) is 5.56 Å². The van der Waals surface area contributed by atoms with E-state index in [-0.39, 0.29) is 31.6 Å². The summed E-state index contributed by atoms with van der Waals surface area (Å²) in [6, 6.07) is 11.9. The van der Waals surface area contributed by atoms with Gasteiger partial charge in [0.2, 0.25) is 0 Å². The summed E-state index contributed by atoms with van der Waals surface area (Å²) in [5.74, 6) is 0.506. The maximum absolute atomic E-state index is 12.0. The van der Waals surface area contributed by atoms with E-state index in [4.69, 9.17) is 32.7 Å². The normalized spacial score (nSPS) is 10.7. The summed E-state index contributed by atoms with van der Waals surface area (Å²) in [5, 5.41) is 1.42. The van der Waals surface area contributed by atoms with Crippen molar-refractivity contribution in [1.29, 1.82) is 0 Å². The van der Waals surface area contributed by atoms with E-state index in [2.05, 4.69) is 9.97 Å². The van der Waals surface area contributed by atoms with Gasteiger partial charge in [0.05, 0.1) is 22.3 Å². The molecule has 0 amide bonds. The van der Waals surface area contributed by atoms with Gasteiger partial charge < -0.3 is 14.5 Å². The zero-order valence-corrected chi connectivity index (χ0v) is 15.7. The second-order valence-electron chi connectivity index (χ2n) is 5.67. The SMILES string of the molecule is O=C(CCc1nc2ccccc2c(=O)[nH]1)OCCOc1ccc(Cl)cc1Cl. The molecule has 3 rings (SSSR count). The van der Waals surface area contributed by atoms with Gasteiger partial charge in [-0.3, -0.25) is 9.59 Å². The van der Waals surface area contributed by atoms with Gasteiger partial charge in [-0.2, -0.15) is 0 Å². The van der Waals surface area contributed by atoms with Gasteiger partial charge in [0, 0.05) is 11.4 Å². The molecule has 0 spiro atoms. The van der Waals surface area contributed by atoms with Crippen molar-refractivity contribution in [3.05, 3.63) is 68.7 Å². The highest BCUT2D eigenvalue weighted by molar-refractivity contribution is 6.35. The average Bonchev–Trinajstić information content (AvgIpc) is 2.65. The molecule has 0 unspecified atom stereocenters. The van der Waals surface area contributed by atoms with Gasteiger partial charge in [-0.05, 0) is 30.3 Å². The largest absolute Gasteiger partial charge is 0.488 e. The number of hydrogen-bond acceptors (Lipinski definition) is 5. The van der Waals surface area contributed by atoms with E-state index in [0.29, 0.717) is 32.5 Å². The van der Waals surface area contributed by atoms with E-state index in [1.807, 2.05) is 0 Å². The van der Waals surface area contributed by atoms with Crippen LogP contribution in [0.3, 0.4) is 0 Å². The van der Waals surface area contributed by atoms with Crippen LogP contribution in [0.4, 0.5) is 0 Å². The van der Waals surface area contributed by atoms with Crippen LogP contribution in [0, 0.1) is 0 Å². The lowest BCUT2D eigenvalue weighted by atomic mass is 10.2. The predicted molar refractivity (Wildman–Crippen MR) is 104 cm³/mol. The van der Waals surface area contributed by atoms with Crippen molar-refractivity contribution < 1.29 is 14.3 Å². The molecule has 140 valence electrons. The molecule has 2 aromatic carbocycles. The molecule has 0 fully saturated rings. The molecule has 0 aliphatic carbocycles. The van der Waals surface area contributed by atoms with Crippen LogP contribution >= 0.6 is 23.2 Å². The Hall–Kier alpha value is -2.57. The van der Waals surface area contributed by atoms with E-state index in [9.17, 15) is 9.59 Å². The second kappa shape index (κ2) is 8.88. The Morgan fingerprint density at radius 1 is 1.11 bits per heavy atom. The first-order valence-corrected chi connectivity index (χ1v) is 9.00. The number of H-pyrrole nitrogens is 1. The molecule has 1 aromatic heterocycles. The van der Waals surface area contributed by atoms with Crippen molar-refractivity contribution in [2.24, 2.45) is 0 Å². The predicted octanol–water partition coefficient (Wildman–Crippen LogP) is 3.78. The van der Waals surface area contributed by atoms with Crippen LogP contribution in [0.25, 0.3) is 10.9 Å². The number of aromatic amines is 1. The summed E-state index contributed by atoms with van der Waals surface area (Å²) in [6.07, 6.45) is 0.381. The summed E-state index contributed by atoms with van der Waals surface area (Å²) in [6.45, 7) is 0.248. The zero-order valence-electron chi connectivity index (χ0n) is 14.2. The highest BCUT2D eigenvalue weighted by Crippen LogP contribution is 2.27. The molecule has 0 bridgehead atoms. The van der Waals surface area contributed by atoms with E-state index >= 15 is 0 Å². The molecule has 0 saturated heterocycles. The lowest BCUT2D eigenvalue weighted by Gasteiger charge is -2.09. The smallest absolute Gasteiger partial charge is 0.306 e. The average molecular weight is 407 g/mol. The number of aromatic nitrogens is 2. The fourth-order valence-corrected chi connectivity index (χ4v) is 2.91. The number of benzene rings is 2. The number of aryl methyl sites for hydroxylation is 1. The number of nitrogens with zero attached hydrogens (tertiary/aromatic N) is 1. The summed E-state index contributed by atoms with van der Waals surface area (Å²) in [5.41, 5.74) is 0.370. The maximum atomic E-state index is 12.0. The van der Waals surface area contributed by atoms with Crippen molar-refractivity contribution in [3.63, 3.8) is 0 Å². The van der Waals surface area contributed by atoms with Crippen LogP contribution < -0.4 is 10.3 Å². The first-order chi connectivity index (χ1) is 13.0. The standard InChI is InChI=1S/C19H16Cl2N2O4/c20-12-5-6-16(14(21)11-12)26-9-10-27-18(24)8-7-17-22-15-4-2-1-3-13(15)19(25)23-17/h1-6,11H,7-10H2,(H,22,23,25). The molecular weight excluding hydrogens is 391 g/mol. The Morgan fingerprint density at radius 2 is 1.93 bits per heavy atom. The zero-order chi connectivity index (χ0) is 19.2. The van der Waals surface area contributed by atoms with Crippen molar-refractivity contribution in [2.75, 3.05) is 13.2 Å².